The molecule has 1 aliphatic carbocycles. The standard InChI is InChI=1S/C26H24N4O5.2C5H11N/c1-14-22(24(32)30(29-14)16-8-7-15-11-12-26(2,3)18(15)13-16)28-27-19-6-4-5-17(23(19)31)20-9-10-21(35-20)25(33)34;2*1-2-4-6-5-3-1/h4-10,13,29,31H,11-12H2,1-3H3,(H,33,34);2*6H,1-5H2. The van der Waals surface area contributed by atoms with E-state index < -0.39 is 5.97 Å². The SMILES string of the molecule is C1CCNCC1.C1CCNCC1.Cc1[nH]n(-c2ccc3c(c2)C(C)(C)CC3)c(=O)c1N=Nc1cccc(-c2ccc(C(=O)O)o2)c1O. The van der Waals surface area contributed by atoms with Gasteiger partial charge in [-0.3, -0.25) is 9.89 Å². The number of aromatic hydroxyl groups is 1. The van der Waals surface area contributed by atoms with E-state index in [1.165, 1.54) is 98.7 Å². The molecule has 47 heavy (non-hydrogen) atoms. The number of hydrogen-bond acceptors (Lipinski definition) is 8. The van der Waals surface area contributed by atoms with Crippen molar-refractivity contribution in [3.63, 3.8) is 0 Å². The van der Waals surface area contributed by atoms with E-state index in [0.29, 0.717) is 5.69 Å². The molecule has 11 heteroatoms. The van der Waals surface area contributed by atoms with E-state index in [2.05, 4.69) is 45.9 Å². The molecule has 4 aromatic rings. The fourth-order valence-corrected chi connectivity index (χ4v) is 6.09. The number of fused-ring (bicyclic) bond motifs is 1. The Morgan fingerprint density at radius 2 is 1.60 bits per heavy atom. The fraction of sp³-hybridized carbons (Fsp3) is 0.444. The molecule has 0 atom stereocenters. The van der Waals surface area contributed by atoms with Crippen molar-refractivity contribution >= 4 is 17.3 Å². The van der Waals surface area contributed by atoms with Gasteiger partial charge in [0, 0.05) is 0 Å². The van der Waals surface area contributed by atoms with E-state index in [4.69, 9.17) is 9.52 Å². The highest BCUT2D eigenvalue weighted by Crippen LogP contribution is 2.40. The second-order valence-corrected chi connectivity index (χ2v) is 12.9. The van der Waals surface area contributed by atoms with Crippen LogP contribution in [-0.4, -0.2) is 52.1 Å². The van der Waals surface area contributed by atoms with Gasteiger partial charge in [-0.2, -0.15) is 0 Å². The van der Waals surface area contributed by atoms with E-state index in [9.17, 15) is 14.7 Å². The van der Waals surface area contributed by atoms with Gasteiger partial charge in [0.2, 0.25) is 5.76 Å². The Bertz CT molecular complexity index is 1720. The minimum absolute atomic E-state index is 0.0564. The molecule has 0 radical (unpaired) electrons. The summed E-state index contributed by atoms with van der Waals surface area (Å²) < 4.78 is 6.73. The number of furan rings is 1. The molecule has 0 saturated carbocycles. The van der Waals surface area contributed by atoms with Crippen LogP contribution in [0.1, 0.15) is 86.2 Å². The van der Waals surface area contributed by atoms with Crippen LogP contribution in [0.4, 0.5) is 11.4 Å². The summed E-state index contributed by atoms with van der Waals surface area (Å²) in [5.74, 6) is -1.52. The van der Waals surface area contributed by atoms with Gasteiger partial charge in [0.15, 0.2) is 11.4 Å². The molecule has 2 saturated heterocycles. The van der Waals surface area contributed by atoms with Crippen LogP contribution >= 0.6 is 0 Å². The van der Waals surface area contributed by atoms with Crippen molar-refractivity contribution in [3.05, 3.63) is 81.5 Å². The Morgan fingerprint density at radius 3 is 2.17 bits per heavy atom. The molecule has 2 aromatic carbocycles. The van der Waals surface area contributed by atoms with E-state index >= 15 is 0 Å². The summed E-state index contributed by atoms with van der Waals surface area (Å²) >= 11 is 0. The van der Waals surface area contributed by atoms with Crippen LogP contribution in [0, 0.1) is 6.92 Å². The number of nitrogens with one attached hydrogen (secondary N) is 3. The number of carboxylic acids is 1. The first-order chi connectivity index (χ1) is 22.7. The monoisotopic (exact) mass is 642 g/mol. The third-order valence-electron chi connectivity index (χ3n) is 8.91. The highest BCUT2D eigenvalue weighted by molar-refractivity contribution is 5.85. The van der Waals surface area contributed by atoms with Crippen molar-refractivity contribution in [1.82, 2.24) is 20.4 Å². The van der Waals surface area contributed by atoms with Crippen LogP contribution in [0.5, 0.6) is 5.75 Å². The Kier molecular flexibility index (Phi) is 11.1. The number of rotatable bonds is 5. The van der Waals surface area contributed by atoms with Crippen LogP contribution in [0.15, 0.2) is 68.0 Å². The van der Waals surface area contributed by atoms with E-state index in [1.807, 2.05) is 12.1 Å². The largest absolute Gasteiger partial charge is 0.505 e. The van der Waals surface area contributed by atoms with Crippen LogP contribution in [-0.2, 0) is 11.8 Å². The van der Waals surface area contributed by atoms with Crippen LogP contribution in [0.3, 0.4) is 0 Å². The number of aromatic nitrogens is 2. The Hall–Kier alpha value is -4.48. The smallest absolute Gasteiger partial charge is 0.371 e. The van der Waals surface area contributed by atoms with Gasteiger partial charge < -0.3 is 25.3 Å². The maximum absolute atomic E-state index is 13.2. The van der Waals surface area contributed by atoms with Gasteiger partial charge in [-0.05, 0) is 125 Å². The van der Waals surface area contributed by atoms with Crippen molar-refractivity contribution in [1.29, 1.82) is 0 Å². The topological polar surface area (TPSA) is 157 Å². The van der Waals surface area contributed by atoms with Gasteiger partial charge in [0.1, 0.15) is 11.4 Å². The maximum Gasteiger partial charge on any atom is 0.371 e. The zero-order chi connectivity index (χ0) is 33.4. The first kappa shape index (κ1) is 33.9. The van der Waals surface area contributed by atoms with E-state index in [0.717, 1.165) is 18.5 Å². The number of H-pyrrole nitrogens is 1. The summed E-state index contributed by atoms with van der Waals surface area (Å²) in [6, 6.07) is 13.5. The lowest BCUT2D eigenvalue weighted by Gasteiger charge is -2.19. The minimum atomic E-state index is -1.21. The zero-order valence-electron chi connectivity index (χ0n) is 27.6. The van der Waals surface area contributed by atoms with Gasteiger partial charge in [0.05, 0.1) is 16.9 Å². The lowest BCUT2D eigenvalue weighted by atomic mass is 9.86. The lowest BCUT2D eigenvalue weighted by molar-refractivity contribution is 0.0663. The number of hydrogen-bond donors (Lipinski definition) is 5. The highest BCUT2D eigenvalue weighted by atomic mass is 16.4. The molecule has 4 heterocycles. The molecule has 2 aliphatic heterocycles. The maximum atomic E-state index is 13.2. The number of carboxylic acid groups (broad SMARTS) is 1. The minimum Gasteiger partial charge on any atom is -0.505 e. The number of nitrogens with zero attached hydrogens (tertiary/aromatic N) is 3. The number of aromatic carboxylic acids is 1. The predicted octanol–water partition coefficient (Wildman–Crippen LogP) is 7.30. The second-order valence-electron chi connectivity index (χ2n) is 12.9. The molecule has 0 amide bonds. The molecular weight excluding hydrogens is 596 g/mol. The van der Waals surface area contributed by atoms with Crippen molar-refractivity contribution in [3.8, 4) is 22.8 Å². The third kappa shape index (κ3) is 8.28. The fourth-order valence-electron chi connectivity index (χ4n) is 6.09. The summed E-state index contributed by atoms with van der Waals surface area (Å²) in [5.41, 5.74) is 4.01. The summed E-state index contributed by atoms with van der Waals surface area (Å²) in [6.07, 6.45) is 10.5. The van der Waals surface area contributed by atoms with Gasteiger partial charge in [-0.25, -0.2) is 9.48 Å². The summed E-state index contributed by atoms with van der Waals surface area (Å²) in [4.78, 5) is 24.2. The van der Waals surface area contributed by atoms with Crippen LogP contribution in [0.2, 0.25) is 0 Å². The average Bonchev–Trinajstić information content (AvgIpc) is 3.78. The van der Waals surface area contributed by atoms with Crippen molar-refractivity contribution in [2.75, 3.05) is 26.2 Å². The van der Waals surface area contributed by atoms with Crippen LogP contribution in [0.25, 0.3) is 17.0 Å². The van der Waals surface area contributed by atoms with Gasteiger partial charge in [-0.1, -0.05) is 38.8 Å². The number of aromatic amines is 1. The summed E-state index contributed by atoms with van der Waals surface area (Å²) in [5, 5.41) is 37.6. The third-order valence-corrected chi connectivity index (χ3v) is 8.91. The van der Waals surface area contributed by atoms with E-state index in [-0.39, 0.29) is 45.2 Å². The average molecular weight is 643 g/mol. The van der Waals surface area contributed by atoms with Crippen molar-refractivity contribution in [2.24, 2.45) is 10.2 Å². The Labute approximate surface area is 275 Å². The number of piperidine rings is 2. The molecular formula is C36H46N6O5. The number of phenols is 1. The highest BCUT2D eigenvalue weighted by Gasteiger charge is 2.30. The molecule has 11 nitrogen and oxygen atoms in total. The molecule has 250 valence electrons. The Morgan fingerprint density at radius 1 is 0.915 bits per heavy atom. The number of aryl methyl sites for hydroxylation is 2. The number of carbonyl (C=O) groups is 1. The molecule has 7 rings (SSSR count). The predicted molar refractivity (Wildman–Crippen MR) is 183 cm³/mol. The van der Waals surface area contributed by atoms with Crippen molar-refractivity contribution < 1.29 is 19.4 Å². The number of azo groups is 1. The van der Waals surface area contributed by atoms with E-state index in [1.54, 1.807) is 19.1 Å². The molecule has 3 aliphatic rings. The Balaban J connectivity index is 0.000000301. The number of para-hydroxylation sites is 1. The van der Waals surface area contributed by atoms with Gasteiger partial charge >= 0.3 is 5.97 Å². The molecule has 0 unspecified atom stereocenters. The van der Waals surface area contributed by atoms with Crippen molar-refractivity contribution in [2.45, 2.75) is 77.6 Å². The van der Waals surface area contributed by atoms with Gasteiger partial charge in [-0.15, -0.1) is 10.2 Å². The number of phenolic OH excluding ortho intramolecular Hbond substituents is 1. The molecule has 0 spiro atoms. The van der Waals surface area contributed by atoms with Gasteiger partial charge in [0.25, 0.3) is 5.56 Å². The first-order valence-electron chi connectivity index (χ1n) is 16.6. The molecule has 2 aromatic heterocycles. The molecule has 2 fully saturated rings. The molecule has 5 N–H and O–H groups in total. The lowest BCUT2D eigenvalue weighted by Crippen LogP contribution is -2.21. The summed E-state index contributed by atoms with van der Waals surface area (Å²) in [7, 11) is 0. The number of benzene rings is 2. The van der Waals surface area contributed by atoms with Crippen LogP contribution < -0.4 is 16.2 Å². The molecule has 0 bridgehead atoms. The second kappa shape index (κ2) is 15.4. The summed E-state index contributed by atoms with van der Waals surface area (Å²) in [6.45, 7) is 11.1. The first-order valence-corrected chi connectivity index (χ1v) is 16.6. The normalized spacial score (nSPS) is 16.9. The quantitative estimate of drug-likeness (QED) is 0.143. The zero-order valence-corrected chi connectivity index (χ0v) is 27.6.